The van der Waals surface area contributed by atoms with Crippen molar-refractivity contribution >= 4 is 17.5 Å². The highest BCUT2D eigenvalue weighted by atomic mass is 16.3. The van der Waals surface area contributed by atoms with Crippen LogP contribution in [0.15, 0.2) is 41.0 Å². The highest BCUT2D eigenvalue weighted by Crippen LogP contribution is 2.33. The monoisotopic (exact) mass is 341 g/mol. The van der Waals surface area contributed by atoms with Crippen molar-refractivity contribution in [3.05, 3.63) is 53.5 Å². The number of fused-ring (bicyclic) bond motifs is 1. The van der Waals surface area contributed by atoms with Gasteiger partial charge >= 0.3 is 0 Å². The molecule has 0 bridgehead atoms. The molecule has 1 aromatic carbocycles. The molecule has 0 saturated heterocycles. The van der Waals surface area contributed by atoms with Crippen molar-refractivity contribution < 1.29 is 14.0 Å². The lowest BCUT2D eigenvalue weighted by atomic mass is 10.1. The first-order chi connectivity index (χ1) is 12.1. The number of carbonyl (C=O) groups excluding carboxylic acids is 2. The Kier molecular flexibility index (Phi) is 5.07. The smallest absolute Gasteiger partial charge is 0.255 e. The maximum atomic E-state index is 12.4. The lowest BCUT2D eigenvalue weighted by Crippen LogP contribution is -2.37. The molecule has 2 heterocycles. The van der Waals surface area contributed by atoms with Crippen molar-refractivity contribution in [2.75, 3.05) is 18.0 Å². The number of benzene rings is 1. The zero-order valence-corrected chi connectivity index (χ0v) is 14.5. The van der Waals surface area contributed by atoms with E-state index in [0.717, 1.165) is 6.42 Å². The molecule has 0 saturated carbocycles. The van der Waals surface area contributed by atoms with Gasteiger partial charge in [0.2, 0.25) is 5.91 Å². The van der Waals surface area contributed by atoms with Crippen LogP contribution in [0, 0.1) is 0 Å². The molecule has 0 fully saturated rings. The van der Waals surface area contributed by atoms with Crippen LogP contribution in [0.1, 0.15) is 35.5 Å². The molecule has 1 aliphatic heterocycles. The van der Waals surface area contributed by atoms with Gasteiger partial charge in [0.25, 0.3) is 5.91 Å². The summed E-state index contributed by atoms with van der Waals surface area (Å²) in [6, 6.07) is 10.3. The highest BCUT2D eigenvalue weighted by molar-refractivity contribution is 5.97. The molecule has 1 atom stereocenters. The number of hydrogen-bond acceptors (Lipinski definition) is 4. The van der Waals surface area contributed by atoms with Gasteiger partial charge in [-0.15, -0.1) is 0 Å². The van der Waals surface area contributed by atoms with E-state index in [9.17, 15) is 9.59 Å². The van der Waals surface area contributed by atoms with Gasteiger partial charge < -0.3 is 20.0 Å². The van der Waals surface area contributed by atoms with E-state index in [-0.39, 0.29) is 18.4 Å². The van der Waals surface area contributed by atoms with Gasteiger partial charge in [-0.25, -0.2) is 0 Å². The molecule has 1 aliphatic rings. The van der Waals surface area contributed by atoms with Gasteiger partial charge in [-0.3, -0.25) is 9.59 Å². The molecule has 0 spiro atoms. The van der Waals surface area contributed by atoms with E-state index in [0.29, 0.717) is 30.5 Å². The number of likely N-dealkylation sites (N-methyl/N-ethyl adjacent to an activating group) is 1. The van der Waals surface area contributed by atoms with Crippen molar-refractivity contribution in [1.29, 1.82) is 0 Å². The first-order valence-electron chi connectivity index (χ1n) is 8.56. The van der Waals surface area contributed by atoms with Gasteiger partial charge in [-0.1, -0.05) is 18.2 Å². The van der Waals surface area contributed by atoms with Crippen molar-refractivity contribution in [3.63, 3.8) is 0 Å². The predicted molar refractivity (Wildman–Crippen MR) is 95.5 cm³/mol. The third-order valence-corrected chi connectivity index (χ3v) is 4.44. The molecule has 25 heavy (non-hydrogen) atoms. The molecule has 0 unspecified atom stereocenters. The maximum absolute atomic E-state index is 12.4. The molecule has 0 radical (unpaired) electrons. The summed E-state index contributed by atoms with van der Waals surface area (Å²) in [5.74, 6) is 0.107. The van der Waals surface area contributed by atoms with E-state index in [1.807, 2.05) is 19.1 Å². The fourth-order valence-electron chi connectivity index (χ4n) is 3.21. The Morgan fingerprint density at radius 2 is 2.04 bits per heavy atom. The van der Waals surface area contributed by atoms with Gasteiger partial charge in [0.1, 0.15) is 5.76 Å². The van der Waals surface area contributed by atoms with E-state index < -0.39 is 0 Å². The zero-order valence-electron chi connectivity index (χ0n) is 14.5. The topological polar surface area (TPSA) is 74.6 Å². The van der Waals surface area contributed by atoms with E-state index >= 15 is 0 Å². The van der Waals surface area contributed by atoms with Gasteiger partial charge in [0.15, 0.2) is 0 Å². The minimum Gasteiger partial charge on any atom is -0.467 e. The molecule has 0 aliphatic carbocycles. The Labute approximate surface area is 147 Å². The predicted octanol–water partition coefficient (Wildman–Crippen LogP) is 2.10. The molecule has 2 N–H and O–H groups in total. The first-order valence-corrected chi connectivity index (χ1v) is 8.56. The Morgan fingerprint density at radius 1 is 1.24 bits per heavy atom. The van der Waals surface area contributed by atoms with Crippen LogP contribution in [0.2, 0.25) is 0 Å². The number of nitrogens with zero attached hydrogens (tertiary/aromatic N) is 1. The lowest BCUT2D eigenvalue weighted by Gasteiger charge is -2.24. The summed E-state index contributed by atoms with van der Waals surface area (Å²) in [6.07, 6.45) is 2.50. The van der Waals surface area contributed by atoms with Crippen LogP contribution in [0.4, 0.5) is 5.69 Å². The molecule has 1 aromatic heterocycles. The minimum absolute atomic E-state index is 0.0414. The Balaban J connectivity index is 1.70. The summed E-state index contributed by atoms with van der Waals surface area (Å²) < 4.78 is 5.56. The first kappa shape index (κ1) is 17.1. The third-order valence-electron chi connectivity index (χ3n) is 4.44. The Hall–Kier alpha value is -2.76. The van der Waals surface area contributed by atoms with E-state index in [4.69, 9.17) is 4.42 Å². The summed E-state index contributed by atoms with van der Waals surface area (Å²) in [5, 5.41) is 5.29. The number of nitrogens with one attached hydrogen (secondary N) is 2. The summed E-state index contributed by atoms with van der Waals surface area (Å²) in [5.41, 5.74) is 2.96. The maximum Gasteiger partial charge on any atom is 0.255 e. The summed E-state index contributed by atoms with van der Waals surface area (Å²) in [7, 11) is 0. The van der Waals surface area contributed by atoms with Crippen molar-refractivity contribution in [3.8, 4) is 0 Å². The molecule has 6 nitrogen and oxygen atoms in total. The van der Waals surface area contributed by atoms with Crippen LogP contribution in [0.25, 0.3) is 0 Å². The molecule has 2 aromatic rings. The average molecular weight is 341 g/mol. The average Bonchev–Trinajstić information content (AvgIpc) is 3.18. The fraction of sp³-hybridized carbons (Fsp3) is 0.368. The van der Waals surface area contributed by atoms with Crippen LogP contribution in [0.3, 0.4) is 0 Å². The summed E-state index contributed by atoms with van der Waals surface area (Å²) >= 11 is 0. The Morgan fingerprint density at radius 3 is 2.84 bits per heavy atom. The minimum atomic E-state index is -0.296. The molecule has 132 valence electrons. The largest absolute Gasteiger partial charge is 0.467 e. The molecule has 2 amide bonds. The quantitative estimate of drug-likeness (QED) is 0.844. The van der Waals surface area contributed by atoms with Gasteiger partial charge in [-0.2, -0.15) is 0 Å². The number of rotatable bonds is 6. The second-order valence-electron chi connectivity index (χ2n) is 6.20. The van der Waals surface area contributed by atoms with Gasteiger partial charge in [0.05, 0.1) is 24.9 Å². The van der Waals surface area contributed by atoms with Crippen molar-refractivity contribution in [1.82, 2.24) is 10.6 Å². The van der Waals surface area contributed by atoms with Crippen molar-refractivity contribution in [2.45, 2.75) is 32.9 Å². The normalized spacial score (nSPS) is 15.8. The van der Waals surface area contributed by atoms with Gasteiger partial charge in [-0.05, 0) is 38.0 Å². The van der Waals surface area contributed by atoms with E-state index in [2.05, 4.69) is 34.6 Å². The van der Waals surface area contributed by atoms with Crippen LogP contribution in [-0.2, 0) is 17.8 Å². The second kappa shape index (κ2) is 7.42. The number of amides is 2. The van der Waals surface area contributed by atoms with Crippen LogP contribution in [0.5, 0.6) is 0 Å². The zero-order chi connectivity index (χ0) is 17.8. The van der Waals surface area contributed by atoms with Crippen LogP contribution >= 0.6 is 0 Å². The molecular formula is C19H23N3O3. The SMILES string of the molecule is CCNC(=O)CNC(=O)c1ccoc1CN1c2ccccc2C[C@@H]1C. The summed E-state index contributed by atoms with van der Waals surface area (Å²) in [4.78, 5) is 26.1. The third kappa shape index (κ3) is 3.68. The van der Waals surface area contributed by atoms with Crippen LogP contribution < -0.4 is 15.5 Å². The number of para-hydroxylation sites is 1. The number of hydrogen-bond donors (Lipinski definition) is 2. The Bertz CT molecular complexity index is 769. The second-order valence-corrected chi connectivity index (χ2v) is 6.20. The summed E-state index contributed by atoms with van der Waals surface area (Å²) in [6.45, 7) is 5.02. The van der Waals surface area contributed by atoms with E-state index in [1.165, 1.54) is 17.5 Å². The van der Waals surface area contributed by atoms with Crippen LogP contribution in [-0.4, -0.2) is 30.9 Å². The molecule has 3 rings (SSSR count). The number of carbonyl (C=O) groups is 2. The number of furan rings is 1. The molecular weight excluding hydrogens is 318 g/mol. The lowest BCUT2D eigenvalue weighted by molar-refractivity contribution is -0.120. The standard InChI is InChI=1S/C19H23N3O3/c1-3-20-18(23)11-21-19(24)15-8-9-25-17(15)12-22-13(2)10-14-6-4-5-7-16(14)22/h4-9,13H,3,10-12H2,1-2H3,(H,20,23)(H,21,24)/t13-/m0/s1. The van der Waals surface area contributed by atoms with Crippen molar-refractivity contribution in [2.24, 2.45) is 0 Å². The number of anilines is 1. The van der Waals surface area contributed by atoms with E-state index in [1.54, 1.807) is 6.07 Å². The highest BCUT2D eigenvalue weighted by Gasteiger charge is 2.28. The molecule has 6 heteroatoms. The van der Waals surface area contributed by atoms with Gasteiger partial charge in [0, 0.05) is 18.3 Å². The fourth-order valence-corrected chi connectivity index (χ4v) is 3.21.